The third kappa shape index (κ3) is 5.49. The fourth-order valence-electron chi connectivity index (χ4n) is 2.34. The smallest absolute Gasteiger partial charge is 0.349 e. The van der Waals surface area contributed by atoms with Crippen LogP contribution in [0.1, 0.15) is 11.1 Å². The number of nitrogens with zero attached hydrogens (tertiary/aromatic N) is 2. The fraction of sp³-hybridized carbons (Fsp3) is 0.211. The summed E-state index contributed by atoms with van der Waals surface area (Å²) in [6.45, 7) is 0. The number of aromatic nitrogens is 3. The molecule has 0 bridgehead atoms. The largest absolute Gasteiger partial charge is 0.497 e. The van der Waals surface area contributed by atoms with Crippen molar-refractivity contribution in [2.45, 2.75) is 21.8 Å². The van der Waals surface area contributed by atoms with Crippen LogP contribution in [0.25, 0.3) is 0 Å². The van der Waals surface area contributed by atoms with E-state index in [-0.39, 0.29) is 5.82 Å². The minimum Gasteiger partial charge on any atom is -0.497 e. The van der Waals surface area contributed by atoms with Crippen molar-refractivity contribution in [3.63, 3.8) is 0 Å². The van der Waals surface area contributed by atoms with Gasteiger partial charge < -0.3 is 9.47 Å². The van der Waals surface area contributed by atoms with Gasteiger partial charge in [-0.25, -0.2) is 9.18 Å². The molecule has 0 amide bonds. The third-order valence-corrected chi connectivity index (χ3v) is 5.55. The Morgan fingerprint density at radius 1 is 1.00 bits per heavy atom. The first-order chi connectivity index (χ1) is 13.6. The minimum absolute atomic E-state index is 0.284. The van der Waals surface area contributed by atoms with Crippen molar-refractivity contribution in [2.75, 3.05) is 14.2 Å². The topological polar surface area (TPSA) is 77.1 Å². The lowest BCUT2D eigenvalue weighted by molar-refractivity contribution is 0.393. The molecule has 1 aromatic heterocycles. The van der Waals surface area contributed by atoms with Crippen molar-refractivity contribution >= 4 is 23.5 Å². The summed E-state index contributed by atoms with van der Waals surface area (Å²) in [5.41, 5.74) is 1.01. The van der Waals surface area contributed by atoms with Crippen LogP contribution < -0.4 is 15.2 Å². The molecule has 0 unspecified atom stereocenters. The molecule has 0 radical (unpaired) electrons. The predicted octanol–water partition coefficient (Wildman–Crippen LogP) is 3.91. The molecule has 6 nitrogen and oxygen atoms in total. The minimum atomic E-state index is -0.489. The average molecular weight is 420 g/mol. The van der Waals surface area contributed by atoms with E-state index in [4.69, 9.17) is 9.47 Å². The molecule has 0 aliphatic carbocycles. The summed E-state index contributed by atoms with van der Waals surface area (Å²) in [5, 5.41) is 0.746. The van der Waals surface area contributed by atoms with Gasteiger partial charge in [0.1, 0.15) is 17.3 Å². The molecule has 1 heterocycles. The van der Waals surface area contributed by atoms with E-state index in [2.05, 4.69) is 15.0 Å². The molecule has 0 saturated carbocycles. The molecule has 3 rings (SSSR count). The molecule has 2 aromatic carbocycles. The van der Waals surface area contributed by atoms with Gasteiger partial charge in [-0.1, -0.05) is 41.7 Å². The zero-order valence-electron chi connectivity index (χ0n) is 15.3. The highest BCUT2D eigenvalue weighted by Crippen LogP contribution is 2.27. The van der Waals surface area contributed by atoms with E-state index in [1.807, 2.05) is 12.1 Å². The monoisotopic (exact) mass is 419 g/mol. The van der Waals surface area contributed by atoms with Gasteiger partial charge in [-0.15, -0.1) is 0 Å². The molecule has 0 spiro atoms. The first kappa shape index (κ1) is 20.2. The highest BCUT2D eigenvalue weighted by molar-refractivity contribution is 7.99. The summed E-state index contributed by atoms with van der Waals surface area (Å²) in [6, 6.07) is 12.1. The molecular weight excluding hydrogens is 401 g/mol. The Labute approximate surface area is 169 Å². The van der Waals surface area contributed by atoms with Crippen molar-refractivity contribution in [3.05, 3.63) is 69.9 Å². The van der Waals surface area contributed by atoms with Crippen molar-refractivity contribution in [1.29, 1.82) is 0 Å². The number of hydrogen-bond acceptors (Lipinski definition) is 7. The van der Waals surface area contributed by atoms with Gasteiger partial charge in [0.25, 0.3) is 0 Å². The predicted molar refractivity (Wildman–Crippen MR) is 108 cm³/mol. The highest BCUT2D eigenvalue weighted by atomic mass is 32.2. The first-order valence-corrected chi connectivity index (χ1v) is 10.2. The van der Waals surface area contributed by atoms with Crippen LogP contribution in [-0.4, -0.2) is 29.2 Å². The molecule has 0 fully saturated rings. The van der Waals surface area contributed by atoms with E-state index in [1.54, 1.807) is 38.5 Å². The van der Waals surface area contributed by atoms with E-state index in [1.165, 1.54) is 29.6 Å². The normalized spacial score (nSPS) is 10.7. The fourth-order valence-corrected chi connectivity index (χ4v) is 4.00. The first-order valence-electron chi connectivity index (χ1n) is 8.26. The Balaban J connectivity index is 1.70. The molecule has 0 aliphatic rings. The lowest BCUT2D eigenvalue weighted by atomic mass is 10.2. The summed E-state index contributed by atoms with van der Waals surface area (Å²) in [5.74, 6) is 1.98. The van der Waals surface area contributed by atoms with Crippen molar-refractivity contribution < 1.29 is 13.9 Å². The second-order valence-corrected chi connectivity index (χ2v) is 7.54. The summed E-state index contributed by atoms with van der Waals surface area (Å²) >= 11 is 2.57. The van der Waals surface area contributed by atoms with Crippen LogP contribution in [0.4, 0.5) is 4.39 Å². The van der Waals surface area contributed by atoms with Crippen molar-refractivity contribution in [2.24, 2.45) is 0 Å². The van der Waals surface area contributed by atoms with Gasteiger partial charge in [-0.3, -0.25) is 4.98 Å². The number of nitrogens with one attached hydrogen (secondary N) is 1. The standard InChI is InChI=1S/C19H18FN3O3S2/c1-25-14-7-12(8-15(9-14)26-2)10-27-18-21-17(24)22-19(23-18)28-11-13-5-3-4-6-16(13)20/h3-9H,10-11H2,1-2H3,(H,21,22,23,24). The number of benzene rings is 2. The van der Waals surface area contributed by atoms with E-state index in [0.717, 1.165) is 5.56 Å². The van der Waals surface area contributed by atoms with Gasteiger partial charge in [0.15, 0.2) is 10.3 Å². The van der Waals surface area contributed by atoms with E-state index in [0.29, 0.717) is 38.9 Å². The third-order valence-electron chi connectivity index (χ3n) is 3.71. The van der Waals surface area contributed by atoms with E-state index >= 15 is 0 Å². The average Bonchev–Trinajstić information content (AvgIpc) is 2.71. The number of halogens is 1. The second kappa shape index (κ2) is 9.61. The molecule has 0 saturated heterocycles. The van der Waals surface area contributed by atoms with Crippen LogP contribution in [0.3, 0.4) is 0 Å². The maximum Gasteiger partial charge on any atom is 0.349 e. The number of methoxy groups -OCH3 is 2. The SMILES string of the molecule is COc1cc(CSc2nc(SCc3ccccc3F)[nH]c(=O)n2)cc(OC)c1. The van der Waals surface area contributed by atoms with Crippen LogP contribution in [0, 0.1) is 5.82 Å². The van der Waals surface area contributed by atoms with Gasteiger partial charge in [0.2, 0.25) is 0 Å². The molecule has 3 aromatic rings. The molecule has 1 N–H and O–H groups in total. The summed E-state index contributed by atoms with van der Waals surface area (Å²) in [6.07, 6.45) is 0. The molecule has 9 heteroatoms. The number of rotatable bonds is 8. The number of ether oxygens (including phenoxy) is 2. The molecule has 0 atom stereocenters. The van der Waals surface area contributed by atoms with Crippen LogP contribution in [0.5, 0.6) is 11.5 Å². The Hall–Kier alpha value is -2.52. The number of thioether (sulfide) groups is 2. The Morgan fingerprint density at radius 2 is 1.71 bits per heavy atom. The summed E-state index contributed by atoms with van der Waals surface area (Å²) in [4.78, 5) is 22.7. The quantitative estimate of drug-likeness (QED) is 0.555. The Kier molecular flexibility index (Phi) is 6.94. The van der Waals surface area contributed by atoms with Crippen LogP contribution in [0.15, 0.2) is 57.6 Å². The van der Waals surface area contributed by atoms with Crippen molar-refractivity contribution in [3.8, 4) is 11.5 Å². The maximum atomic E-state index is 13.7. The number of hydrogen-bond donors (Lipinski definition) is 1. The van der Waals surface area contributed by atoms with Gasteiger partial charge >= 0.3 is 5.69 Å². The maximum absolute atomic E-state index is 13.7. The van der Waals surface area contributed by atoms with E-state index < -0.39 is 5.69 Å². The number of H-pyrrole nitrogens is 1. The van der Waals surface area contributed by atoms with Crippen LogP contribution in [0.2, 0.25) is 0 Å². The summed E-state index contributed by atoms with van der Waals surface area (Å²) < 4.78 is 24.3. The van der Waals surface area contributed by atoms with Gasteiger partial charge in [-0.05, 0) is 29.3 Å². The van der Waals surface area contributed by atoms with Gasteiger partial charge in [0, 0.05) is 17.6 Å². The van der Waals surface area contributed by atoms with Gasteiger partial charge in [0.05, 0.1) is 14.2 Å². The zero-order valence-corrected chi connectivity index (χ0v) is 16.9. The highest BCUT2D eigenvalue weighted by Gasteiger charge is 2.09. The summed E-state index contributed by atoms with van der Waals surface area (Å²) in [7, 11) is 3.18. The molecule has 28 heavy (non-hydrogen) atoms. The lowest BCUT2D eigenvalue weighted by Gasteiger charge is -2.08. The van der Waals surface area contributed by atoms with Crippen LogP contribution >= 0.6 is 23.5 Å². The van der Waals surface area contributed by atoms with Gasteiger partial charge in [-0.2, -0.15) is 9.97 Å². The van der Waals surface area contributed by atoms with Crippen LogP contribution in [-0.2, 0) is 11.5 Å². The number of aromatic amines is 1. The molecular formula is C19H18FN3O3S2. The molecule has 146 valence electrons. The second-order valence-electron chi connectivity index (χ2n) is 5.63. The Morgan fingerprint density at radius 3 is 2.39 bits per heavy atom. The van der Waals surface area contributed by atoms with E-state index in [9.17, 15) is 9.18 Å². The lowest BCUT2D eigenvalue weighted by Crippen LogP contribution is -2.14. The van der Waals surface area contributed by atoms with Crippen molar-refractivity contribution in [1.82, 2.24) is 15.0 Å². The molecule has 0 aliphatic heterocycles. The Bertz CT molecular complexity index is 991. The zero-order chi connectivity index (χ0) is 19.9.